The fourth-order valence-corrected chi connectivity index (χ4v) is 2.67. The van der Waals surface area contributed by atoms with Gasteiger partial charge in [0.1, 0.15) is 11.5 Å². The molecule has 4 heteroatoms. The number of methoxy groups -OCH3 is 2. The van der Waals surface area contributed by atoms with Gasteiger partial charge in [-0.3, -0.25) is 0 Å². The second-order valence-corrected chi connectivity index (χ2v) is 5.08. The van der Waals surface area contributed by atoms with Crippen LogP contribution in [0.15, 0.2) is 48.5 Å². The second-order valence-electron chi connectivity index (χ2n) is 5.08. The van der Waals surface area contributed by atoms with Gasteiger partial charge in [-0.25, -0.2) is 0 Å². The Balaban J connectivity index is 2.28. The largest absolute Gasteiger partial charge is 0.497 e. The predicted molar refractivity (Wildman–Crippen MR) is 89.6 cm³/mol. The Morgan fingerprint density at radius 1 is 0.636 bits per heavy atom. The van der Waals surface area contributed by atoms with E-state index in [1.54, 1.807) is 14.2 Å². The first kappa shape index (κ1) is 16.3. The lowest BCUT2D eigenvalue weighted by Crippen LogP contribution is -2.31. The van der Waals surface area contributed by atoms with Gasteiger partial charge in [0.15, 0.2) is 0 Å². The Kier molecular flexibility index (Phi) is 5.81. The molecule has 0 bridgehead atoms. The summed E-state index contributed by atoms with van der Waals surface area (Å²) < 4.78 is 10.5. The van der Waals surface area contributed by atoms with Gasteiger partial charge < -0.3 is 20.1 Å². The second kappa shape index (κ2) is 7.82. The van der Waals surface area contributed by atoms with Crippen molar-refractivity contribution < 1.29 is 9.47 Å². The Morgan fingerprint density at radius 3 is 1.18 bits per heavy atom. The SMILES string of the molecule is CN[C@H](c1ccc(OC)cc1)[C@H](NC)c1ccc(OC)cc1. The summed E-state index contributed by atoms with van der Waals surface area (Å²) in [5, 5.41) is 6.80. The van der Waals surface area contributed by atoms with E-state index in [-0.39, 0.29) is 12.1 Å². The van der Waals surface area contributed by atoms with Crippen molar-refractivity contribution in [3.05, 3.63) is 59.7 Å². The molecule has 0 saturated heterocycles. The number of rotatable bonds is 7. The molecule has 0 aliphatic heterocycles. The number of nitrogens with one attached hydrogen (secondary N) is 2. The van der Waals surface area contributed by atoms with Crippen LogP contribution in [0.5, 0.6) is 11.5 Å². The van der Waals surface area contributed by atoms with E-state index in [0.717, 1.165) is 11.5 Å². The fourth-order valence-electron chi connectivity index (χ4n) is 2.67. The first-order valence-electron chi connectivity index (χ1n) is 7.36. The lowest BCUT2D eigenvalue weighted by molar-refractivity contribution is 0.409. The van der Waals surface area contributed by atoms with Gasteiger partial charge in [0.2, 0.25) is 0 Å². The molecule has 0 heterocycles. The molecule has 2 N–H and O–H groups in total. The maximum atomic E-state index is 5.23. The molecule has 0 spiro atoms. The molecule has 2 aromatic rings. The molecule has 0 aliphatic carbocycles. The zero-order chi connectivity index (χ0) is 15.9. The van der Waals surface area contributed by atoms with Crippen LogP contribution in [0, 0.1) is 0 Å². The molecule has 2 atom stereocenters. The van der Waals surface area contributed by atoms with E-state index in [1.165, 1.54) is 11.1 Å². The quantitative estimate of drug-likeness (QED) is 0.825. The van der Waals surface area contributed by atoms with Gasteiger partial charge in [-0.2, -0.15) is 0 Å². The molecule has 0 amide bonds. The molecule has 0 radical (unpaired) electrons. The van der Waals surface area contributed by atoms with Crippen LogP contribution in [0.25, 0.3) is 0 Å². The van der Waals surface area contributed by atoms with Crippen molar-refractivity contribution in [2.45, 2.75) is 12.1 Å². The summed E-state index contributed by atoms with van der Waals surface area (Å²) in [6.45, 7) is 0. The van der Waals surface area contributed by atoms with Gasteiger partial charge in [0.25, 0.3) is 0 Å². The number of hydrogen-bond donors (Lipinski definition) is 2. The normalized spacial score (nSPS) is 13.5. The number of likely N-dealkylation sites (N-methyl/N-ethyl adjacent to an activating group) is 2. The van der Waals surface area contributed by atoms with Gasteiger partial charge in [0, 0.05) is 0 Å². The van der Waals surface area contributed by atoms with E-state index in [0.29, 0.717) is 0 Å². The molecule has 0 aromatic heterocycles. The summed E-state index contributed by atoms with van der Waals surface area (Å²) in [5.74, 6) is 1.73. The molecule has 2 rings (SSSR count). The maximum absolute atomic E-state index is 5.23. The summed E-state index contributed by atoms with van der Waals surface area (Å²) in [6, 6.07) is 16.6. The average Bonchev–Trinajstić information content (AvgIpc) is 2.60. The van der Waals surface area contributed by atoms with Crippen molar-refractivity contribution in [3.63, 3.8) is 0 Å². The molecular weight excluding hydrogens is 276 g/mol. The minimum Gasteiger partial charge on any atom is -0.497 e. The minimum atomic E-state index is 0.157. The molecule has 0 aliphatic rings. The molecule has 22 heavy (non-hydrogen) atoms. The third-order valence-corrected chi connectivity index (χ3v) is 3.91. The van der Waals surface area contributed by atoms with Crippen LogP contribution in [0.4, 0.5) is 0 Å². The van der Waals surface area contributed by atoms with E-state index >= 15 is 0 Å². The highest BCUT2D eigenvalue weighted by Gasteiger charge is 2.22. The van der Waals surface area contributed by atoms with Crippen molar-refractivity contribution in [2.24, 2.45) is 0 Å². The zero-order valence-corrected chi connectivity index (χ0v) is 13.6. The molecule has 0 saturated carbocycles. The van der Waals surface area contributed by atoms with Gasteiger partial charge in [0.05, 0.1) is 26.3 Å². The molecule has 4 nitrogen and oxygen atoms in total. The third-order valence-electron chi connectivity index (χ3n) is 3.91. The van der Waals surface area contributed by atoms with Gasteiger partial charge in [-0.15, -0.1) is 0 Å². The standard InChI is InChI=1S/C18H24N2O2/c1-19-17(13-5-9-15(21-3)10-6-13)18(20-2)14-7-11-16(22-4)12-8-14/h5-12,17-20H,1-4H3/t17-,18-/m1/s1. The Labute approximate surface area is 132 Å². The summed E-state index contributed by atoms with van der Waals surface area (Å²) >= 11 is 0. The van der Waals surface area contributed by atoms with Crippen LogP contribution < -0.4 is 20.1 Å². The van der Waals surface area contributed by atoms with Crippen molar-refractivity contribution in [2.75, 3.05) is 28.3 Å². The fraction of sp³-hybridized carbons (Fsp3) is 0.333. The zero-order valence-electron chi connectivity index (χ0n) is 13.6. The molecule has 2 aromatic carbocycles. The molecule has 118 valence electrons. The number of ether oxygens (including phenoxy) is 2. The lowest BCUT2D eigenvalue weighted by Gasteiger charge is -2.27. The summed E-state index contributed by atoms with van der Waals surface area (Å²) in [7, 11) is 7.31. The van der Waals surface area contributed by atoms with Gasteiger partial charge in [-0.05, 0) is 49.5 Å². The number of hydrogen-bond acceptors (Lipinski definition) is 4. The Bertz CT molecular complexity index is 513. The highest BCUT2D eigenvalue weighted by atomic mass is 16.5. The summed E-state index contributed by atoms with van der Waals surface area (Å²) in [4.78, 5) is 0. The molecule has 0 unspecified atom stereocenters. The van der Waals surface area contributed by atoms with Crippen molar-refractivity contribution in [1.82, 2.24) is 10.6 Å². The van der Waals surface area contributed by atoms with Crippen LogP contribution >= 0.6 is 0 Å². The van der Waals surface area contributed by atoms with Crippen molar-refractivity contribution in [3.8, 4) is 11.5 Å². The highest BCUT2D eigenvalue weighted by molar-refractivity contribution is 5.34. The van der Waals surface area contributed by atoms with E-state index in [2.05, 4.69) is 34.9 Å². The van der Waals surface area contributed by atoms with Crippen molar-refractivity contribution >= 4 is 0 Å². The molecular formula is C18H24N2O2. The minimum absolute atomic E-state index is 0.157. The van der Waals surface area contributed by atoms with Crippen LogP contribution in [-0.2, 0) is 0 Å². The predicted octanol–water partition coefficient (Wildman–Crippen LogP) is 2.93. The summed E-state index contributed by atoms with van der Waals surface area (Å²) in [6.07, 6.45) is 0. The maximum Gasteiger partial charge on any atom is 0.118 e. The van der Waals surface area contributed by atoms with E-state index in [1.807, 2.05) is 38.4 Å². The van der Waals surface area contributed by atoms with E-state index in [4.69, 9.17) is 9.47 Å². The summed E-state index contributed by atoms with van der Waals surface area (Å²) in [5.41, 5.74) is 2.41. The third kappa shape index (κ3) is 3.59. The average molecular weight is 300 g/mol. The van der Waals surface area contributed by atoms with E-state index < -0.39 is 0 Å². The monoisotopic (exact) mass is 300 g/mol. The van der Waals surface area contributed by atoms with Crippen molar-refractivity contribution in [1.29, 1.82) is 0 Å². The smallest absolute Gasteiger partial charge is 0.118 e. The molecule has 0 fully saturated rings. The van der Waals surface area contributed by atoms with Crippen LogP contribution in [0.3, 0.4) is 0 Å². The lowest BCUT2D eigenvalue weighted by atomic mass is 9.93. The first-order chi connectivity index (χ1) is 10.7. The van der Waals surface area contributed by atoms with Gasteiger partial charge >= 0.3 is 0 Å². The van der Waals surface area contributed by atoms with Crippen LogP contribution in [0.1, 0.15) is 23.2 Å². The Morgan fingerprint density at radius 2 is 0.955 bits per heavy atom. The van der Waals surface area contributed by atoms with Crippen LogP contribution in [0.2, 0.25) is 0 Å². The van der Waals surface area contributed by atoms with E-state index in [9.17, 15) is 0 Å². The van der Waals surface area contributed by atoms with Crippen LogP contribution in [-0.4, -0.2) is 28.3 Å². The van der Waals surface area contributed by atoms with Gasteiger partial charge in [-0.1, -0.05) is 24.3 Å². The topological polar surface area (TPSA) is 42.5 Å². The Hall–Kier alpha value is -2.04. The first-order valence-corrected chi connectivity index (χ1v) is 7.36. The highest BCUT2D eigenvalue weighted by Crippen LogP contribution is 2.30. The number of benzene rings is 2.